The van der Waals surface area contributed by atoms with Gasteiger partial charge in [0.25, 0.3) is 0 Å². The Morgan fingerprint density at radius 1 is 1.15 bits per heavy atom. The Hall–Kier alpha value is -2.86. The summed E-state index contributed by atoms with van der Waals surface area (Å²) in [6.07, 6.45) is 0.522. The first-order valence-corrected chi connectivity index (χ1v) is 8.38. The molecule has 0 radical (unpaired) electrons. The Morgan fingerprint density at radius 2 is 1.88 bits per heavy atom. The number of nitrogens with zero attached hydrogens (tertiary/aromatic N) is 1. The van der Waals surface area contributed by atoms with Crippen LogP contribution < -0.4 is 4.74 Å². The van der Waals surface area contributed by atoms with E-state index in [1.165, 1.54) is 7.11 Å². The summed E-state index contributed by atoms with van der Waals surface area (Å²) in [6, 6.07) is 14.3. The number of hydrogen-bond acceptors (Lipinski definition) is 4. The second-order valence-electron chi connectivity index (χ2n) is 6.55. The Labute approximate surface area is 151 Å². The molecule has 3 rings (SSSR count). The van der Waals surface area contributed by atoms with E-state index in [-0.39, 0.29) is 5.56 Å². The maximum Gasteiger partial charge on any atom is 0.339 e. The number of aliphatic carboxylic acids is 1. The fourth-order valence-electron chi connectivity index (χ4n) is 3.59. The minimum atomic E-state index is -1.05. The first-order valence-electron chi connectivity index (χ1n) is 8.38. The molecule has 26 heavy (non-hydrogen) atoms. The quantitative estimate of drug-likeness (QED) is 0.828. The predicted octanol–water partition coefficient (Wildman–Crippen LogP) is 2.62. The van der Waals surface area contributed by atoms with E-state index in [4.69, 9.17) is 4.74 Å². The molecule has 136 valence electrons. The van der Waals surface area contributed by atoms with Crippen LogP contribution in [0.1, 0.15) is 27.9 Å². The first-order chi connectivity index (χ1) is 12.5. The van der Waals surface area contributed by atoms with Crippen LogP contribution in [-0.4, -0.2) is 47.3 Å². The van der Waals surface area contributed by atoms with Gasteiger partial charge in [-0.15, -0.1) is 0 Å². The normalized spacial score (nSPS) is 20.0. The minimum absolute atomic E-state index is 0.108. The van der Waals surface area contributed by atoms with E-state index in [0.717, 1.165) is 11.1 Å². The molecule has 2 N–H and O–H groups in total. The van der Waals surface area contributed by atoms with Crippen molar-refractivity contribution in [2.45, 2.75) is 18.4 Å². The second kappa shape index (κ2) is 7.17. The third-order valence-electron chi connectivity index (χ3n) is 4.98. The van der Waals surface area contributed by atoms with E-state index in [1.54, 1.807) is 12.1 Å². The summed E-state index contributed by atoms with van der Waals surface area (Å²) in [7, 11) is 1.43. The molecule has 0 saturated carbocycles. The summed E-state index contributed by atoms with van der Waals surface area (Å²) in [5.41, 5.74) is 0.800. The van der Waals surface area contributed by atoms with Gasteiger partial charge in [-0.2, -0.15) is 0 Å². The van der Waals surface area contributed by atoms with E-state index < -0.39 is 17.4 Å². The Morgan fingerprint density at radius 3 is 2.50 bits per heavy atom. The van der Waals surface area contributed by atoms with Crippen LogP contribution in [0.15, 0.2) is 48.5 Å². The van der Waals surface area contributed by atoms with Gasteiger partial charge in [-0.05, 0) is 29.7 Å². The van der Waals surface area contributed by atoms with Crippen LogP contribution in [0, 0.1) is 0 Å². The molecule has 1 heterocycles. The zero-order chi connectivity index (χ0) is 18.7. The standard InChI is InChI=1S/C20H21NO5/c1-26-17-8-7-14(11-16(17)18(22)23)12-21-10-9-20(13-21,19(24)25)15-5-3-2-4-6-15/h2-8,11H,9-10,12-13H2,1H3,(H,22,23)(H,24,25)/t20-/m1/s1. The molecule has 2 aromatic carbocycles. The molecular formula is C20H21NO5. The predicted molar refractivity (Wildman–Crippen MR) is 95.6 cm³/mol. The number of aromatic carboxylic acids is 1. The number of likely N-dealkylation sites (tertiary alicyclic amines) is 1. The summed E-state index contributed by atoms with van der Waals surface area (Å²) in [4.78, 5) is 25.5. The lowest BCUT2D eigenvalue weighted by molar-refractivity contribution is -0.143. The minimum Gasteiger partial charge on any atom is -0.496 e. The van der Waals surface area contributed by atoms with Crippen molar-refractivity contribution in [2.75, 3.05) is 20.2 Å². The fraction of sp³-hybridized carbons (Fsp3) is 0.300. The molecule has 1 saturated heterocycles. The number of methoxy groups -OCH3 is 1. The van der Waals surface area contributed by atoms with Gasteiger partial charge in [-0.25, -0.2) is 4.79 Å². The third kappa shape index (κ3) is 3.28. The summed E-state index contributed by atoms with van der Waals surface area (Å²) in [5.74, 6) is -1.56. The number of hydrogen-bond donors (Lipinski definition) is 2. The average Bonchev–Trinajstić information content (AvgIpc) is 3.07. The van der Waals surface area contributed by atoms with Gasteiger partial charge in [0.1, 0.15) is 16.7 Å². The van der Waals surface area contributed by atoms with Crippen molar-refractivity contribution >= 4 is 11.9 Å². The van der Waals surface area contributed by atoms with Gasteiger partial charge in [0.05, 0.1) is 7.11 Å². The average molecular weight is 355 g/mol. The van der Waals surface area contributed by atoms with Crippen molar-refractivity contribution < 1.29 is 24.5 Å². The second-order valence-corrected chi connectivity index (χ2v) is 6.55. The lowest BCUT2D eigenvalue weighted by Gasteiger charge is -2.25. The van der Waals surface area contributed by atoms with Crippen molar-refractivity contribution in [2.24, 2.45) is 0 Å². The monoisotopic (exact) mass is 355 g/mol. The van der Waals surface area contributed by atoms with Gasteiger partial charge in [-0.1, -0.05) is 36.4 Å². The van der Waals surface area contributed by atoms with Crippen molar-refractivity contribution in [1.29, 1.82) is 0 Å². The highest BCUT2D eigenvalue weighted by molar-refractivity contribution is 5.91. The Balaban J connectivity index is 1.82. The number of rotatable bonds is 6. The first kappa shape index (κ1) is 17.9. The van der Waals surface area contributed by atoms with E-state index >= 15 is 0 Å². The largest absolute Gasteiger partial charge is 0.496 e. The molecule has 1 aliphatic rings. The van der Waals surface area contributed by atoms with Gasteiger partial charge in [0, 0.05) is 19.6 Å². The maximum absolute atomic E-state index is 12.0. The third-order valence-corrected chi connectivity index (χ3v) is 4.98. The SMILES string of the molecule is COc1ccc(CN2CC[C@](C(=O)O)(c3ccccc3)C2)cc1C(=O)O. The number of benzene rings is 2. The summed E-state index contributed by atoms with van der Waals surface area (Å²) in [5, 5.41) is 19.2. The highest BCUT2D eigenvalue weighted by Crippen LogP contribution is 2.36. The van der Waals surface area contributed by atoms with Crippen LogP contribution in [0.3, 0.4) is 0 Å². The van der Waals surface area contributed by atoms with E-state index in [2.05, 4.69) is 4.90 Å². The lowest BCUT2D eigenvalue weighted by atomic mass is 9.80. The number of carboxylic acid groups (broad SMARTS) is 2. The van der Waals surface area contributed by atoms with Gasteiger partial charge in [0.15, 0.2) is 0 Å². The number of carboxylic acids is 2. The molecule has 0 bridgehead atoms. The van der Waals surface area contributed by atoms with Gasteiger partial charge >= 0.3 is 11.9 Å². The zero-order valence-electron chi connectivity index (χ0n) is 14.5. The van der Waals surface area contributed by atoms with Crippen LogP contribution in [-0.2, 0) is 16.8 Å². The van der Waals surface area contributed by atoms with Crippen LogP contribution in [0.2, 0.25) is 0 Å². The molecule has 6 heteroatoms. The zero-order valence-corrected chi connectivity index (χ0v) is 14.5. The summed E-state index contributed by atoms with van der Waals surface area (Å²) in [6.45, 7) is 1.52. The molecule has 1 fully saturated rings. The smallest absolute Gasteiger partial charge is 0.339 e. The topological polar surface area (TPSA) is 87.1 Å². The molecule has 1 aliphatic heterocycles. The molecule has 0 amide bonds. The van der Waals surface area contributed by atoms with E-state index in [0.29, 0.717) is 31.8 Å². The molecule has 6 nitrogen and oxygen atoms in total. The van der Waals surface area contributed by atoms with Crippen LogP contribution in [0.5, 0.6) is 5.75 Å². The van der Waals surface area contributed by atoms with E-state index in [1.807, 2.05) is 36.4 Å². The van der Waals surface area contributed by atoms with Crippen molar-refractivity contribution in [3.05, 3.63) is 65.2 Å². The van der Waals surface area contributed by atoms with Crippen molar-refractivity contribution in [1.82, 2.24) is 4.90 Å². The molecule has 2 aromatic rings. The molecule has 0 aromatic heterocycles. The molecule has 0 spiro atoms. The number of ether oxygens (including phenoxy) is 1. The fourth-order valence-corrected chi connectivity index (χ4v) is 3.59. The Kier molecular flexibility index (Phi) is 4.95. The molecular weight excluding hydrogens is 334 g/mol. The van der Waals surface area contributed by atoms with Crippen molar-refractivity contribution in [3.8, 4) is 5.75 Å². The van der Waals surface area contributed by atoms with Crippen molar-refractivity contribution in [3.63, 3.8) is 0 Å². The van der Waals surface area contributed by atoms with E-state index in [9.17, 15) is 19.8 Å². The highest BCUT2D eigenvalue weighted by Gasteiger charge is 2.46. The molecule has 0 aliphatic carbocycles. The van der Waals surface area contributed by atoms with Gasteiger partial charge in [-0.3, -0.25) is 9.69 Å². The Bertz CT molecular complexity index is 820. The summed E-state index contributed by atoms with van der Waals surface area (Å²) >= 11 is 0. The maximum atomic E-state index is 12.0. The van der Waals surface area contributed by atoms with Crippen LogP contribution >= 0.6 is 0 Å². The van der Waals surface area contributed by atoms with Crippen LogP contribution in [0.25, 0.3) is 0 Å². The van der Waals surface area contributed by atoms with Crippen LogP contribution in [0.4, 0.5) is 0 Å². The lowest BCUT2D eigenvalue weighted by Crippen LogP contribution is -2.38. The highest BCUT2D eigenvalue weighted by atomic mass is 16.5. The molecule has 1 atom stereocenters. The van der Waals surface area contributed by atoms with Gasteiger partial charge in [0.2, 0.25) is 0 Å². The number of carbonyl (C=O) groups is 2. The van der Waals surface area contributed by atoms with Gasteiger partial charge < -0.3 is 14.9 Å². The molecule has 0 unspecified atom stereocenters. The summed E-state index contributed by atoms with van der Waals surface area (Å²) < 4.78 is 5.08.